The van der Waals surface area contributed by atoms with Gasteiger partial charge >= 0.3 is 0 Å². The summed E-state index contributed by atoms with van der Waals surface area (Å²) in [5.41, 5.74) is 1.21. The van der Waals surface area contributed by atoms with Gasteiger partial charge < -0.3 is 14.8 Å². The van der Waals surface area contributed by atoms with Gasteiger partial charge in [0.2, 0.25) is 0 Å². The van der Waals surface area contributed by atoms with Gasteiger partial charge in [-0.1, -0.05) is 12.1 Å². The molecule has 1 saturated heterocycles. The van der Waals surface area contributed by atoms with Crippen molar-refractivity contribution >= 4 is 0 Å². The lowest BCUT2D eigenvalue weighted by Gasteiger charge is -2.34. The van der Waals surface area contributed by atoms with Gasteiger partial charge in [0.05, 0.1) is 18.8 Å². The quantitative estimate of drug-likeness (QED) is 0.873. The van der Waals surface area contributed by atoms with Crippen molar-refractivity contribution in [1.29, 1.82) is 0 Å². The van der Waals surface area contributed by atoms with E-state index in [0.717, 1.165) is 12.3 Å². The van der Waals surface area contributed by atoms with Crippen molar-refractivity contribution in [3.05, 3.63) is 29.8 Å². The molecule has 3 atom stereocenters. The van der Waals surface area contributed by atoms with Crippen LogP contribution in [0.15, 0.2) is 24.3 Å². The number of rotatable bonds is 3. The molecule has 0 radical (unpaired) electrons. The molecule has 1 aliphatic heterocycles. The fraction of sp³-hybridized carbons (Fsp3) is 0.571. The predicted molar refractivity (Wildman–Crippen MR) is 68.4 cm³/mol. The second kappa shape index (κ2) is 5.52. The first-order chi connectivity index (χ1) is 8.20. The van der Waals surface area contributed by atoms with E-state index >= 15 is 0 Å². The van der Waals surface area contributed by atoms with Crippen molar-refractivity contribution in [2.45, 2.75) is 39.0 Å². The Morgan fingerprint density at radius 2 is 2.00 bits per heavy atom. The minimum absolute atomic E-state index is 0.150. The Bertz CT molecular complexity index is 350. The molecule has 0 spiro atoms. The minimum atomic E-state index is 0.150. The summed E-state index contributed by atoms with van der Waals surface area (Å²) >= 11 is 0. The highest BCUT2D eigenvalue weighted by Crippen LogP contribution is 2.25. The Hall–Kier alpha value is -1.06. The summed E-state index contributed by atoms with van der Waals surface area (Å²) in [6.45, 7) is 7.83. The Labute approximate surface area is 103 Å². The van der Waals surface area contributed by atoms with Crippen molar-refractivity contribution in [2.75, 3.05) is 13.2 Å². The molecular formula is C14H21NO2. The largest absolute Gasteiger partial charge is 0.494 e. The van der Waals surface area contributed by atoms with Crippen molar-refractivity contribution in [1.82, 2.24) is 5.32 Å². The number of hydrogen-bond acceptors (Lipinski definition) is 3. The van der Waals surface area contributed by atoms with Crippen LogP contribution in [0.25, 0.3) is 0 Å². The summed E-state index contributed by atoms with van der Waals surface area (Å²) in [4.78, 5) is 0. The van der Waals surface area contributed by atoms with E-state index in [2.05, 4.69) is 31.3 Å². The van der Waals surface area contributed by atoms with E-state index in [-0.39, 0.29) is 12.2 Å². The van der Waals surface area contributed by atoms with Crippen LogP contribution in [0.5, 0.6) is 5.75 Å². The predicted octanol–water partition coefficient (Wildman–Crippen LogP) is 2.52. The van der Waals surface area contributed by atoms with Gasteiger partial charge in [0.15, 0.2) is 0 Å². The van der Waals surface area contributed by atoms with E-state index < -0.39 is 0 Å². The second-order valence-electron chi connectivity index (χ2n) is 4.53. The smallest absolute Gasteiger partial charge is 0.119 e. The number of nitrogens with one attached hydrogen (secondary N) is 1. The summed E-state index contributed by atoms with van der Waals surface area (Å²) in [7, 11) is 0. The van der Waals surface area contributed by atoms with Crippen molar-refractivity contribution < 1.29 is 9.47 Å². The van der Waals surface area contributed by atoms with Gasteiger partial charge in [-0.2, -0.15) is 0 Å². The molecule has 3 unspecified atom stereocenters. The first-order valence-electron chi connectivity index (χ1n) is 6.32. The molecule has 17 heavy (non-hydrogen) atoms. The van der Waals surface area contributed by atoms with E-state index in [4.69, 9.17) is 9.47 Å². The molecule has 1 heterocycles. The normalized spacial score (nSPS) is 29.0. The summed E-state index contributed by atoms with van der Waals surface area (Å²) in [5.74, 6) is 0.918. The Kier molecular flexibility index (Phi) is 4.02. The van der Waals surface area contributed by atoms with Crippen molar-refractivity contribution in [3.8, 4) is 5.75 Å². The molecule has 1 aromatic rings. The van der Waals surface area contributed by atoms with Crippen LogP contribution in [-0.2, 0) is 4.74 Å². The van der Waals surface area contributed by atoms with Crippen LogP contribution in [0.4, 0.5) is 0 Å². The third-order valence-corrected chi connectivity index (χ3v) is 3.27. The van der Waals surface area contributed by atoms with E-state index in [9.17, 15) is 0 Å². The standard InChI is InChI=1S/C14H21NO2/c1-4-16-13-7-5-12(6-8-13)14-9-15-10(2)11(3)17-14/h5-8,10-11,14-15H,4,9H2,1-3H3. The number of morpholine rings is 1. The zero-order valence-corrected chi connectivity index (χ0v) is 10.8. The third-order valence-electron chi connectivity index (χ3n) is 3.27. The maximum atomic E-state index is 5.98. The topological polar surface area (TPSA) is 30.5 Å². The highest BCUT2D eigenvalue weighted by molar-refractivity contribution is 5.29. The first-order valence-corrected chi connectivity index (χ1v) is 6.32. The SMILES string of the molecule is CCOc1ccc(C2CNC(C)C(C)O2)cc1. The number of ether oxygens (including phenoxy) is 2. The average Bonchev–Trinajstić information content (AvgIpc) is 2.34. The second-order valence-corrected chi connectivity index (χ2v) is 4.53. The molecule has 0 amide bonds. The lowest BCUT2D eigenvalue weighted by molar-refractivity contribution is -0.0508. The maximum absolute atomic E-state index is 5.98. The fourth-order valence-corrected chi connectivity index (χ4v) is 2.03. The van der Waals surface area contributed by atoms with Crippen LogP contribution in [0.3, 0.4) is 0 Å². The van der Waals surface area contributed by atoms with Gasteiger partial charge in [-0.05, 0) is 38.5 Å². The molecule has 0 aliphatic carbocycles. The molecule has 0 aromatic heterocycles. The van der Waals surface area contributed by atoms with Crippen LogP contribution in [0.1, 0.15) is 32.4 Å². The highest BCUT2D eigenvalue weighted by atomic mass is 16.5. The zero-order chi connectivity index (χ0) is 12.3. The molecule has 94 valence electrons. The van der Waals surface area contributed by atoms with Crippen LogP contribution in [-0.4, -0.2) is 25.3 Å². The van der Waals surface area contributed by atoms with Crippen molar-refractivity contribution in [2.24, 2.45) is 0 Å². The minimum Gasteiger partial charge on any atom is -0.494 e. The molecule has 3 nitrogen and oxygen atoms in total. The van der Waals surface area contributed by atoms with Crippen LogP contribution >= 0.6 is 0 Å². The molecular weight excluding hydrogens is 214 g/mol. The lowest BCUT2D eigenvalue weighted by atomic mass is 10.1. The molecule has 0 saturated carbocycles. The Balaban J connectivity index is 2.02. The molecule has 1 aliphatic rings. The van der Waals surface area contributed by atoms with Gasteiger partial charge in [-0.25, -0.2) is 0 Å². The van der Waals surface area contributed by atoms with Gasteiger partial charge in [0.1, 0.15) is 5.75 Å². The Morgan fingerprint density at radius 3 is 2.59 bits per heavy atom. The summed E-state index contributed by atoms with van der Waals surface area (Å²) < 4.78 is 11.4. The van der Waals surface area contributed by atoms with Gasteiger partial charge in [-0.15, -0.1) is 0 Å². The van der Waals surface area contributed by atoms with Gasteiger partial charge in [-0.3, -0.25) is 0 Å². The fourth-order valence-electron chi connectivity index (χ4n) is 2.03. The zero-order valence-electron chi connectivity index (χ0n) is 10.8. The van der Waals surface area contributed by atoms with Gasteiger partial charge in [0.25, 0.3) is 0 Å². The molecule has 1 N–H and O–H groups in total. The van der Waals surface area contributed by atoms with E-state index in [1.54, 1.807) is 0 Å². The number of hydrogen-bond donors (Lipinski definition) is 1. The molecule has 2 rings (SSSR count). The van der Waals surface area contributed by atoms with Crippen LogP contribution < -0.4 is 10.1 Å². The first kappa shape index (κ1) is 12.4. The number of benzene rings is 1. The average molecular weight is 235 g/mol. The monoisotopic (exact) mass is 235 g/mol. The van der Waals surface area contributed by atoms with E-state index in [1.807, 2.05) is 19.1 Å². The van der Waals surface area contributed by atoms with E-state index in [0.29, 0.717) is 12.6 Å². The van der Waals surface area contributed by atoms with Crippen LogP contribution in [0, 0.1) is 0 Å². The summed E-state index contributed by atoms with van der Waals surface area (Å²) in [6, 6.07) is 8.60. The molecule has 1 fully saturated rings. The van der Waals surface area contributed by atoms with Crippen molar-refractivity contribution in [3.63, 3.8) is 0 Å². The molecule has 1 aromatic carbocycles. The maximum Gasteiger partial charge on any atom is 0.119 e. The molecule has 3 heteroatoms. The third kappa shape index (κ3) is 2.99. The molecule has 0 bridgehead atoms. The van der Waals surface area contributed by atoms with E-state index in [1.165, 1.54) is 5.56 Å². The lowest BCUT2D eigenvalue weighted by Crippen LogP contribution is -2.46. The Morgan fingerprint density at radius 1 is 1.29 bits per heavy atom. The summed E-state index contributed by atoms with van der Waals surface area (Å²) in [5, 5.41) is 3.46. The summed E-state index contributed by atoms with van der Waals surface area (Å²) in [6.07, 6.45) is 0.400. The van der Waals surface area contributed by atoms with Gasteiger partial charge in [0, 0.05) is 12.6 Å². The highest BCUT2D eigenvalue weighted by Gasteiger charge is 2.25. The van der Waals surface area contributed by atoms with Crippen LogP contribution in [0.2, 0.25) is 0 Å².